The Balaban J connectivity index is 2.41. The Morgan fingerprint density at radius 2 is 2.36 bits per heavy atom. The summed E-state index contributed by atoms with van der Waals surface area (Å²) in [5.74, 6) is 2.38. The fraction of sp³-hybridized carbons (Fsp3) is 0.500. The third kappa shape index (κ3) is 7.28. The number of hydrogen-bond donors (Lipinski definition) is 1. The number of thioether (sulfide) groups is 1. The molecule has 0 aromatic carbocycles. The van der Waals surface area contributed by atoms with Gasteiger partial charge in [-0.05, 0) is 19.1 Å². The first kappa shape index (κ1) is 18.2. The largest absolute Gasteiger partial charge is 0.492 e. The van der Waals surface area contributed by atoms with Gasteiger partial charge in [-0.2, -0.15) is 11.8 Å². The van der Waals surface area contributed by atoms with Gasteiger partial charge in [-0.1, -0.05) is 6.92 Å². The van der Waals surface area contributed by atoms with E-state index in [4.69, 9.17) is 4.74 Å². The smallest absolute Gasteiger partial charge is 0.251 e. The number of nitrogens with zero attached hydrogens (tertiary/aromatic N) is 3. The van der Waals surface area contributed by atoms with Gasteiger partial charge < -0.3 is 9.75 Å². The van der Waals surface area contributed by atoms with E-state index in [1.807, 2.05) is 26.0 Å². The Bertz CT molecular complexity index is 485. The normalized spacial score (nSPS) is 10.8. The van der Waals surface area contributed by atoms with Crippen molar-refractivity contribution < 1.29 is 9.66 Å². The molecule has 0 amide bonds. The Morgan fingerprint density at radius 3 is 3.05 bits per heavy atom. The van der Waals surface area contributed by atoms with E-state index < -0.39 is 4.92 Å². The van der Waals surface area contributed by atoms with E-state index >= 15 is 0 Å². The molecule has 0 saturated heterocycles. The van der Waals surface area contributed by atoms with Crippen LogP contribution in [0.5, 0.6) is 5.75 Å². The molecular weight excluding hydrogens is 304 g/mol. The summed E-state index contributed by atoms with van der Waals surface area (Å²) in [7, 11) is 0. The molecule has 0 saturated carbocycles. The first-order chi connectivity index (χ1) is 10.7. The highest BCUT2D eigenvalue weighted by Gasteiger charge is 2.05. The number of hydrazine groups is 1. The number of nitro groups is 1. The molecule has 1 aromatic rings. The van der Waals surface area contributed by atoms with Crippen LogP contribution in [0, 0.1) is 10.1 Å². The minimum Gasteiger partial charge on any atom is -0.492 e. The van der Waals surface area contributed by atoms with Crippen molar-refractivity contribution in [3.05, 3.63) is 46.5 Å². The van der Waals surface area contributed by atoms with Gasteiger partial charge in [0.25, 0.3) is 6.20 Å². The van der Waals surface area contributed by atoms with E-state index in [9.17, 15) is 10.1 Å². The molecule has 0 atom stereocenters. The Labute approximate surface area is 134 Å². The van der Waals surface area contributed by atoms with Crippen molar-refractivity contribution in [1.29, 1.82) is 0 Å². The molecule has 0 bridgehead atoms. The lowest BCUT2D eigenvalue weighted by atomic mass is 10.3. The minimum absolute atomic E-state index is 0.472. The van der Waals surface area contributed by atoms with Crippen LogP contribution in [-0.2, 0) is 5.75 Å². The molecule has 0 unspecified atom stereocenters. The van der Waals surface area contributed by atoms with Crippen LogP contribution in [0.1, 0.15) is 19.5 Å². The molecule has 8 heteroatoms. The minimum atomic E-state index is -0.472. The average molecular weight is 326 g/mol. The zero-order valence-electron chi connectivity index (χ0n) is 12.9. The molecule has 0 aliphatic rings. The van der Waals surface area contributed by atoms with Gasteiger partial charge in [0.2, 0.25) is 0 Å². The van der Waals surface area contributed by atoms with E-state index in [1.165, 1.54) is 6.20 Å². The van der Waals surface area contributed by atoms with Crippen molar-refractivity contribution in [1.82, 2.24) is 15.4 Å². The number of ether oxygens (including phenoxy) is 1. The van der Waals surface area contributed by atoms with E-state index in [1.54, 1.807) is 23.0 Å². The average Bonchev–Trinajstić information content (AvgIpc) is 2.50. The van der Waals surface area contributed by atoms with Gasteiger partial charge in [0.1, 0.15) is 5.75 Å². The molecule has 0 spiro atoms. The lowest BCUT2D eigenvalue weighted by Gasteiger charge is -2.19. The molecule has 1 rings (SSSR count). The quantitative estimate of drug-likeness (QED) is 0.379. The number of nitrogens with one attached hydrogen (secondary N) is 1. The second kappa shape index (κ2) is 10.9. The first-order valence-corrected chi connectivity index (χ1v) is 8.29. The summed E-state index contributed by atoms with van der Waals surface area (Å²) in [5, 5.41) is 12.1. The molecule has 122 valence electrons. The fourth-order valence-corrected chi connectivity index (χ4v) is 2.57. The molecule has 1 aromatic heterocycles. The molecule has 0 aliphatic carbocycles. The van der Waals surface area contributed by atoms with E-state index in [2.05, 4.69) is 10.4 Å². The van der Waals surface area contributed by atoms with Crippen LogP contribution in [0.4, 0.5) is 0 Å². The summed E-state index contributed by atoms with van der Waals surface area (Å²) in [6, 6.07) is 3.77. The van der Waals surface area contributed by atoms with Crippen molar-refractivity contribution in [2.24, 2.45) is 0 Å². The van der Waals surface area contributed by atoms with Crippen LogP contribution in [0.3, 0.4) is 0 Å². The molecule has 0 fully saturated rings. The maximum Gasteiger partial charge on any atom is 0.251 e. The standard InChI is InChI=1S/C14H22N4O3S/c1-3-16-17(8-9-18(19)20)10-11-22-12-13-14(21-4-2)6-5-7-15-13/h5-9,16H,3-4,10-12H2,1-2H3. The third-order valence-corrected chi connectivity index (χ3v) is 3.54. The van der Waals surface area contributed by atoms with E-state index in [-0.39, 0.29) is 0 Å². The highest BCUT2D eigenvalue weighted by atomic mass is 32.2. The van der Waals surface area contributed by atoms with Gasteiger partial charge in [-0.25, -0.2) is 5.43 Å². The van der Waals surface area contributed by atoms with Crippen LogP contribution in [0.15, 0.2) is 30.7 Å². The molecule has 1 heterocycles. The molecule has 1 N–H and O–H groups in total. The number of aromatic nitrogens is 1. The summed E-state index contributed by atoms with van der Waals surface area (Å²) in [5.41, 5.74) is 3.98. The molecule has 0 radical (unpaired) electrons. The maximum atomic E-state index is 10.4. The Hall–Kier alpha value is -1.80. The highest BCUT2D eigenvalue weighted by molar-refractivity contribution is 7.98. The van der Waals surface area contributed by atoms with Gasteiger partial charge >= 0.3 is 0 Å². The van der Waals surface area contributed by atoms with Crippen LogP contribution in [0.2, 0.25) is 0 Å². The van der Waals surface area contributed by atoms with Crippen LogP contribution in [-0.4, -0.2) is 40.4 Å². The van der Waals surface area contributed by atoms with Crippen LogP contribution < -0.4 is 10.2 Å². The Morgan fingerprint density at radius 1 is 1.55 bits per heavy atom. The lowest BCUT2D eigenvalue weighted by Crippen LogP contribution is -2.35. The van der Waals surface area contributed by atoms with Gasteiger partial charge in [0.05, 0.1) is 23.4 Å². The molecule has 0 aliphatic heterocycles. The monoisotopic (exact) mass is 326 g/mol. The van der Waals surface area contributed by atoms with Crippen molar-refractivity contribution in [2.75, 3.05) is 25.4 Å². The van der Waals surface area contributed by atoms with Gasteiger partial charge in [0.15, 0.2) is 0 Å². The molecule has 22 heavy (non-hydrogen) atoms. The zero-order chi connectivity index (χ0) is 16.2. The fourth-order valence-electron chi connectivity index (χ4n) is 1.69. The van der Waals surface area contributed by atoms with Gasteiger partial charge in [-0.3, -0.25) is 15.1 Å². The number of hydrogen-bond acceptors (Lipinski definition) is 7. The summed E-state index contributed by atoms with van der Waals surface area (Å²) < 4.78 is 5.53. The number of pyridine rings is 1. The summed E-state index contributed by atoms with van der Waals surface area (Å²) in [4.78, 5) is 14.2. The second-order valence-electron chi connectivity index (χ2n) is 4.22. The van der Waals surface area contributed by atoms with Gasteiger partial charge in [-0.15, -0.1) is 0 Å². The van der Waals surface area contributed by atoms with Gasteiger partial charge in [0, 0.05) is 30.8 Å². The first-order valence-electron chi connectivity index (χ1n) is 7.13. The predicted molar refractivity (Wildman–Crippen MR) is 88.1 cm³/mol. The third-order valence-electron chi connectivity index (χ3n) is 2.59. The summed E-state index contributed by atoms with van der Waals surface area (Å²) >= 11 is 1.71. The van der Waals surface area contributed by atoms with Crippen molar-refractivity contribution >= 4 is 11.8 Å². The van der Waals surface area contributed by atoms with Crippen LogP contribution >= 0.6 is 11.8 Å². The summed E-state index contributed by atoms with van der Waals surface area (Å²) in [6.07, 6.45) is 4.12. The Kier molecular flexibility index (Phi) is 9.01. The van der Waals surface area contributed by atoms with Crippen molar-refractivity contribution in [3.8, 4) is 5.75 Å². The zero-order valence-corrected chi connectivity index (χ0v) is 13.7. The predicted octanol–water partition coefficient (Wildman–Crippen LogP) is 2.29. The molecule has 7 nitrogen and oxygen atoms in total. The van der Waals surface area contributed by atoms with Crippen molar-refractivity contribution in [3.63, 3.8) is 0 Å². The topological polar surface area (TPSA) is 80.5 Å². The second-order valence-corrected chi connectivity index (χ2v) is 5.33. The SMILES string of the molecule is CCNN(C=C[N+](=O)[O-])CCSCc1ncccc1OCC. The van der Waals surface area contributed by atoms with E-state index in [0.717, 1.165) is 29.1 Å². The maximum absolute atomic E-state index is 10.4. The highest BCUT2D eigenvalue weighted by Crippen LogP contribution is 2.20. The molecular formula is C14H22N4O3S. The van der Waals surface area contributed by atoms with E-state index in [0.29, 0.717) is 19.7 Å². The number of rotatable bonds is 11. The summed E-state index contributed by atoms with van der Waals surface area (Å²) in [6.45, 7) is 5.88. The van der Waals surface area contributed by atoms with Crippen molar-refractivity contribution in [2.45, 2.75) is 19.6 Å². The van der Waals surface area contributed by atoms with Crippen LogP contribution in [0.25, 0.3) is 0 Å². The lowest BCUT2D eigenvalue weighted by molar-refractivity contribution is -0.403.